The average molecular weight is 419 g/mol. The second-order valence-electron chi connectivity index (χ2n) is 6.75. The van der Waals surface area contributed by atoms with Crippen molar-refractivity contribution in [3.63, 3.8) is 0 Å². The zero-order chi connectivity index (χ0) is 18.8. The first-order valence-electron chi connectivity index (χ1n) is 9.06. The van der Waals surface area contributed by atoms with Gasteiger partial charge in [-0.2, -0.15) is 10.1 Å². The molecular weight excluding hydrogens is 396 g/mol. The fourth-order valence-corrected chi connectivity index (χ4v) is 4.14. The van der Waals surface area contributed by atoms with Gasteiger partial charge >= 0.3 is 0 Å². The molecule has 1 saturated heterocycles. The van der Waals surface area contributed by atoms with E-state index in [-0.39, 0.29) is 18.3 Å². The summed E-state index contributed by atoms with van der Waals surface area (Å²) in [5, 5.41) is 13.3. The lowest BCUT2D eigenvalue weighted by Gasteiger charge is -2.19. The number of amides is 1. The van der Waals surface area contributed by atoms with Crippen LogP contribution < -0.4 is 10.6 Å². The van der Waals surface area contributed by atoms with Gasteiger partial charge in [-0.05, 0) is 38.4 Å². The minimum absolute atomic E-state index is 0. The number of benzene rings is 1. The number of hydrogen-bond donors (Lipinski definition) is 2. The van der Waals surface area contributed by atoms with Crippen molar-refractivity contribution in [2.24, 2.45) is 7.05 Å². The van der Waals surface area contributed by atoms with Crippen LogP contribution in [-0.2, 0) is 7.05 Å². The number of carbonyl (C=O) groups is 1. The van der Waals surface area contributed by atoms with Gasteiger partial charge in [-0.1, -0.05) is 24.3 Å². The Balaban J connectivity index is 0.00000225. The standard InChI is InChI=1S/C19H22N6OS.ClH/c1-12-5-3-4-6-14(12)18-21-15(11-27-18)17(26)23-19-22-16(24-25(19)2)13-7-9-20-10-8-13;/h3-6,11,13,20H,7-10H2,1-2H3,(H,22,23,24,26);1H. The molecule has 7 nitrogen and oxygen atoms in total. The van der Waals surface area contributed by atoms with Crippen molar-refractivity contribution in [2.45, 2.75) is 25.7 Å². The van der Waals surface area contributed by atoms with Crippen molar-refractivity contribution >= 4 is 35.6 Å². The van der Waals surface area contributed by atoms with Gasteiger partial charge in [0, 0.05) is 23.9 Å². The molecule has 9 heteroatoms. The lowest BCUT2D eigenvalue weighted by atomic mass is 9.98. The SMILES string of the molecule is Cc1ccccc1-c1nc(C(=O)Nc2nc(C3CCNCC3)nn2C)cs1.Cl. The van der Waals surface area contributed by atoms with Gasteiger partial charge in [-0.25, -0.2) is 9.67 Å². The quantitative estimate of drug-likeness (QED) is 0.678. The van der Waals surface area contributed by atoms with E-state index in [1.165, 1.54) is 11.3 Å². The Morgan fingerprint density at radius 3 is 2.75 bits per heavy atom. The molecule has 0 unspecified atom stereocenters. The van der Waals surface area contributed by atoms with Crippen molar-refractivity contribution < 1.29 is 4.79 Å². The molecule has 148 valence electrons. The highest BCUT2D eigenvalue weighted by atomic mass is 35.5. The molecular formula is C19H23ClN6OS. The Morgan fingerprint density at radius 2 is 2.00 bits per heavy atom. The van der Waals surface area contributed by atoms with E-state index >= 15 is 0 Å². The molecule has 1 aromatic carbocycles. The van der Waals surface area contributed by atoms with Crippen LogP contribution >= 0.6 is 23.7 Å². The Kier molecular flexibility index (Phi) is 6.43. The van der Waals surface area contributed by atoms with E-state index < -0.39 is 0 Å². The third-order valence-corrected chi connectivity index (χ3v) is 5.70. The van der Waals surface area contributed by atoms with Gasteiger partial charge in [0.2, 0.25) is 5.95 Å². The number of piperidine rings is 1. The summed E-state index contributed by atoms with van der Waals surface area (Å²) in [4.78, 5) is 21.7. The largest absolute Gasteiger partial charge is 0.317 e. The van der Waals surface area contributed by atoms with Gasteiger partial charge in [0.15, 0.2) is 5.82 Å². The molecule has 1 aliphatic rings. The molecule has 2 aromatic heterocycles. The number of aromatic nitrogens is 4. The molecule has 1 fully saturated rings. The summed E-state index contributed by atoms with van der Waals surface area (Å²) < 4.78 is 1.63. The molecule has 0 spiro atoms. The summed E-state index contributed by atoms with van der Waals surface area (Å²) in [7, 11) is 1.80. The predicted octanol–water partition coefficient (Wildman–Crippen LogP) is 3.39. The molecule has 3 aromatic rings. The van der Waals surface area contributed by atoms with Gasteiger partial charge in [-0.3, -0.25) is 10.1 Å². The van der Waals surface area contributed by atoms with Crippen LogP contribution in [0.25, 0.3) is 10.6 Å². The number of carbonyl (C=O) groups excluding carboxylic acids is 1. The Labute approximate surface area is 174 Å². The maximum atomic E-state index is 12.6. The van der Waals surface area contributed by atoms with Crippen molar-refractivity contribution in [1.82, 2.24) is 25.1 Å². The van der Waals surface area contributed by atoms with E-state index in [1.807, 2.05) is 31.2 Å². The van der Waals surface area contributed by atoms with E-state index in [1.54, 1.807) is 17.1 Å². The number of nitrogens with zero attached hydrogens (tertiary/aromatic N) is 4. The fraction of sp³-hybridized carbons (Fsp3) is 0.368. The van der Waals surface area contributed by atoms with Crippen LogP contribution in [0, 0.1) is 6.92 Å². The van der Waals surface area contributed by atoms with E-state index in [2.05, 4.69) is 25.7 Å². The first-order chi connectivity index (χ1) is 13.1. The normalized spacial score (nSPS) is 14.5. The minimum atomic E-state index is -0.265. The summed E-state index contributed by atoms with van der Waals surface area (Å²) in [6.45, 7) is 3.99. The zero-order valence-corrected chi connectivity index (χ0v) is 17.4. The van der Waals surface area contributed by atoms with Crippen LogP contribution in [0.2, 0.25) is 0 Å². The monoisotopic (exact) mass is 418 g/mol. The lowest BCUT2D eigenvalue weighted by molar-refractivity contribution is 0.102. The highest BCUT2D eigenvalue weighted by Crippen LogP contribution is 2.27. The summed E-state index contributed by atoms with van der Waals surface area (Å²) >= 11 is 1.47. The number of halogens is 1. The Morgan fingerprint density at radius 1 is 1.25 bits per heavy atom. The van der Waals surface area contributed by atoms with Gasteiger partial charge in [0.1, 0.15) is 10.7 Å². The van der Waals surface area contributed by atoms with Gasteiger partial charge in [0.05, 0.1) is 0 Å². The average Bonchev–Trinajstić information content (AvgIpc) is 3.30. The zero-order valence-electron chi connectivity index (χ0n) is 15.8. The summed E-state index contributed by atoms with van der Waals surface area (Å²) in [5.74, 6) is 1.33. The first-order valence-corrected chi connectivity index (χ1v) is 9.94. The van der Waals surface area contributed by atoms with E-state index in [4.69, 9.17) is 0 Å². The highest BCUT2D eigenvalue weighted by Gasteiger charge is 2.22. The molecule has 4 rings (SSSR count). The van der Waals surface area contributed by atoms with Crippen LogP contribution in [0.5, 0.6) is 0 Å². The molecule has 0 radical (unpaired) electrons. The van der Waals surface area contributed by atoms with Crippen LogP contribution in [0.1, 0.15) is 40.6 Å². The summed E-state index contributed by atoms with van der Waals surface area (Å²) in [6.07, 6.45) is 2.03. The smallest absolute Gasteiger partial charge is 0.277 e. The molecule has 28 heavy (non-hydrogen) atoms. The number of aryl methyl sites for hydroxylation is 2. The van der Waals surface area contributed by atoms with Gasteiger partial charge in [-0.15, -0.1) is 23.7 Å². The third kappa shape index (κ3) is 4.24. The van der Waals surface area contributed by atoms with Crippen molar-refractivity contribution in [2.75, 3.05) is 18.4 Å². The second-order valence-corrected chi connectivity index (χ2v) is 7.61. The summed E-state index contributed by atoms with van der Waals surface area (Å²) in [5.41, 5.74) is 2.58. The van der Waals surface area contributed by atoms with E-state index in [9.17, 15) is 4.79 Å². The fourth-order valence-electron chi connectivity index (χ4n) is 3.25. The first kappa shape index (κ1) is 20.4. The van der Waals surface area contributed by atoms with Gasteiger partial charge in [0.25, 0.3) is 5.91 Å². The maximum absolute atomic E-state index is 12.6. The molecule has 2 N–H and O–H groups in total. The van der Waals surface area contributed by atoms with Crippen LogP contribution in [-0.4, -0.2) is 38.7 Å². The van der Waals surface area contributed by atoms with Crippen LogP contribution in [0.3, 0.4) is 0 Å². The molecule has 1 amide bonds. The number of thiazole rings is 1. The van der Waals surface area contributed by atoms with Crippen molar-refractivity contribution in [1.29, 1.82) is 0 Å². The molecule has 0 bridgehead atoms. The van der Waals surface area contributed by atoms with Crippen LogP contribution in [0.15, 0.2) is 29.6 Å². The molecule has 1 aliphatic heterocycles. The number of nitrogens with one attached hydrogen (secondary N) is 2. The third-order valence-electron chi connectivity index (χ3n) is 4.82. The van der Waals surface area contributed by atoms with Gasteiger partial charge < -0.3 is 5.32 Å². The lowest BCUT2D eigenvalue weighted by Crippen LogP contribution is -2.27. The number of hydrogen-bond acceptors (Lipinski definition) is 6. The van der Waals surface area contributed by atoms with E-state index in [0.29, 0.717) is 17.6 Å². The highest BCUT2D eigenvalue weighted by molar-refractivity contribution is 7.13. The molecule has 0 atom stereocenters. The number of anilines is 1. The second kappa shape index (κ2) is 8.81. The van der Waals surface area contributed by atoms with Crippen molar-refractivity contribution in [3.05, 3.63) is 46.7 Å². The topological polar surface area (TPSA) is 84.7 Å². The van der Waals surface area contributed by atoms with Crippen molar-refractivity contribution in [3.8, 4) is 10.6 Å². The van der Waals surface area contributed by atoms with E-state index in [0.717, 1.165) is 47.9 Å². The molecule has 0 saturated carbocycles. The minimum Gasteiger partial charge on any atom is -0.317 e. The predicted molar refractivity (Wildman–Crippen MR) is 113 cm³/mol. The number of rotatable bonds is 4. The Hall–Kier alpha value is -2.29. The molecule has 3 heterocycles. The maximum Gasteiger partial charge on any atom is 0.277 e. The Bertz CT molecular complexity index is 963. The van der Waals surface area contributed by atoms with Crippen LogP contribution in [0.4, 0.5) is 5.95 Å². The summed E-state index contributed by atoms with van der Waals surface area (Å²) in [6, 6.07) is 8.03. The molecule has 0 aliphatic carbocycles.